The van der Waals surface area contributed by atoms with Gasteiger partial charge in [-0.1, -0.05) is 36.4 Å². The number of ether oxygens (including phenoxy) is 2. The number of hydrogen-bond acceptors (Lipinski definition) is 4. The highest BCUT2D eigenvalue weighted by Crippen LogP contribution is 2.28. The molecule has 0 bridgehead atoms. The molecule has 0 fully saturated rings. The van der Waals surface area contributed by atoms with Crippen LogP contribution in [-0.2, 0) is 6.54 Å². The van der Waals surface area contributed by atoms with E-state index in [1.807, 2.05) is 54.9 Å². The Morgan fingerprint density at radius 2 is 1.77 bits per heavy atom. The van der Waals surface area contributed by atoms with Crippen LogP contribution in [0.3, 0.4) is 0 Å². The van der Waals surface area contributed by atoms with Crippen molar-refractivity contribution in [3.8, 4) is 11.5 Å². The van der Waals surface area contributed by atoms with E-state index < -0.39 is 0 Å². The number of benzene rings is 2. The van der Waals surface area contributed by atoms with Crippen LogP contribution in [-0.4, -0.2) is 29.1 Å². The molecule has 0 spiro atoms. The second kappa shape index (κ2) is 9.63. The predicted octanol–water partition coefficient (Wildman–Crippen LogP) is 4.61. The quantitative estimate of drug-likeness (QED) is 0.540. The SMILES string of the molecule is COc1ccc(Cn2nc(C)c(NC(=S)NC(C)c3ccccc3)c2C)cc1OC. The number of hydrogen-bond donors (Lipinski definition) is 2. The monoisotopic (exact) mass is 424 g/mol. The maximum absolute atomic E-state index is 5.54. The number of thiocarbonyl (C=S) groups is 1. The first-order valence-corrected chi connectivity index (χ1v) is 10.2. The van der Waals surface area contributed by atoms with Crippen LogP contribution in [0.4, 0.5) is 5.69 Å². The Morgan fingerprint density at radius 1 is 1.07 bits per heavy atom. The van der Waals surface area contributed by atoms with Gasteiger partial charge in [0.2, 0.25) is 0 Å². The van der Waals surface area contributed by atoms with Gasteiger partial charge in [-0.2, -0.15) is 5.10 Å². The van der Waals surface area contributed by atoms with E-state index in [2.05, 4.69) is 34.8 Å². The van der Waals surface area contributed by atoms with Crippen molar-refractivity contribution >= 4 is 23.0 Å². The average molecular weight is 425 g/mol. The minimum atomic E-state index is 0.105. The van der Waals surface area contributed by atoms with Crippen molar-refractivity contribution in [1.29, 1.82) is 0 Å². The highest BCUT2D eigenvalue weighted by molar-refractivity contribution is 7.80. The molecule has 158 valence electrons. The fourth-order valence-electron chi connectivity index (χ4n) is 3.35. The molecule has 0 aliphatic carbocycles. The van der Waals surface area contributed by atoms with Crippen molar-refractivity contribution in [2.75, 3.05) is 19.5 Å². The smallest absolute Gasteiger partial charge is 0.171 e. The number of aryl methyl sites for hydroxylation is 1. The fraction of sp³-hybridized carbons (Fsp3) is 0.304. The van der Waals surface area contributed by atoms with Crippen LogP contribution in [0.1, 0.15) is 35.5 Å². The summed E-state index contributed by atoms with van der Waals surface area (Å²) in [7, 11) is 3.27. The van der Waals surface area contributed by atoms with Gasteiger partial charge >= 0.3 is 0 Å². The van der Waals surface area contributed by atoms with Gasteiger partial charge in [0.1, 0.15) is 0 Å². The predicted molar refractivity (Wildman–Crippen MR) is 125 cm³/mol. The second-order valence-corrected chi connectivity index (χ2v) is 7.53. The van der Waals surface area contributed by atoms with E-state index in [1.54, 1.807) is 14.2 Å². The highest BCUT2D eigenvalue weighted by Gasteiger charge is 2.15. The Hall–Kier alpha value is -3.06. The third kappa shape index (κ3) is 4.91. The first kappa shape index (κ1) is 21.6. The summed E-state index contributed by atoms with van der Waals surface area (Å²) in [5.74, 6) is 1.41. The summed E-state index contributed by atoms with van der Waals surface area (Å²) in [4.78, 5) is 0. The molecule has 1 aromatic heterocycles. The van der Waals surface area contributed by atoms with Crippen LogP contribution in [0.15, 0.2) is 48.5 Å². The van der Waals surface area contributed by atoms with Gasteiger partial charge in [-0.05, 0) is 56.2 Å². The molecule has 0 saturated carbocycles. The topological polar surface area (TPSA) is 60.3 Å². The van der Waals surface area contributed by atoms with E-state index in [9.17, 15) is 0 Å². The molecule has 7 heteroatoms. The van der Waals surface area contributed by atoms with Gasteiger partial charge in [0.25, 0.3) is 0 Å². The molecule has 0 saturated heterocycles. The van der Waals surface area contributed by atoms with Gasteiger partial charge in [0.05, 0.1) is 43.9 Å². The maximum Gasteiger partial charge on any atom is 0.171 e. The van der Waals surface area contributed by atoms with Crippen molar-refractivity contribution in [1.82, 2.24) is 15.1 Å². The number of nitrogens with one attached hydrogen (secondary N) is 2. The molecular weight excluding hydrogens is 396 g/mol. The molecule has 30 heavy (non-hydrogen) atoms. The number of anilines is 1. The fourth-order valence-corrected chi connectivity index (χ4v) is 3.63. The summed E-state index contributed by atoms with van der Waals surface area (Å²) in [5.41, 5.74) is 5.08. The Labute approximate surface area is 183 Å². The zero-order valence-electron chi connectivity index (χ0n) is 18.0. The number of methoxy groups -OCH3 is 2. The van der Waals surface area contributed by atoms with E-state index in [0.717, 1.165) is 22.6 Å². The lowest BCUT2D eigenvalue weighted by Crippen LogP contribution is -2.31. The summed E-state index contributed by atoms with van der Waals surface area (Å²) in [6.45, 7) is 6.72. The van der Waals surface area contributed by atoms with Gasteiger partial charge in [-0.25, -0.2) is 0 Å². The van der Waals surface area contributed by atoms with Gasteiger partial charge in [-0.3, -0.25) is 4.68 Å². The zero-order valence-corrected chi connectivity index (χ0v) is 18.8. The van der Waals surface area contributed by atoms with Crippen LogP contribution >= 0.6 is 12.2 Å². The van der Waals surface area contributed by atoms with Crippen molar-refractivity contribution < 1.29 is 9.47 Å². The third-order valence-electron chi connectivity index (χ3n) is 5.05. The van der Waals surface area contributed by atoms with E-state index in [0.29, 0.717) is 23.2 Å². The summed E-state index contributed by atoms with van der Waals surface area (Å²) >= 11 is 5.54. The van der Waals surface area contributed by atoms with E-state index in [4.69, 9.17) is 21.7 Å². The van der Waals surface area contributed by atoms with E-state index in [1.165, 1.54) is 5.56 Å². The molecule has 1 atom stereocenters. The van der Waals surface area contributed by atoms with Gasteiger partial charge in [0.15, 0.2) is 16.6 Å². The Morgan fingerprint density at radius 3 is 2.43 bits per heavy atom. The lowest BCUT2D eigenvalue weighted by atomic mass is 10.1. The molecule has 2 aromatic carbocycles. The second-order valence-electron chi connectivity index (χ2n) is 7.12. The maximum atomic E-state index is 5.54. The van der Waals surface area contributed by atoms with Crippen LogP contribution < -0.4 is 20.1 Å². The molecule has 0 aliphatic heterocycles. The summed E-state index contributed by atoms with van der Waals surface area (Å²) in [5, 5.41) is 11.9. The lowest BCUT2D eigenvalue weighted by molar-refractivity contribution is 0.354. The van der Waals surface area contributed by atoms with Crippen molar-refractivity contribution in [2.45, 2.75) is 33.4 Å². The number of rotatable bonds is 7. The van der Waals surface area contributed by atoms with Crippen molar-refractivity contribution in [3.05, 3.63) is 71.0 Å². The molecule has 1 heterocycles. The summed E-state index contributed by atoms with van der Waals surface area (Å²) in [6, 6.07) is 16.2. The van der Waals surface area contributed by atoms with Crippen LogP contribution in [0.2, 0.25) is 0 Å². The van der Waals surface area contributed by atoms with Crippen molar-refractivity contribution in [2.24, 2.45) is 0 Å². The van der Waals surface area contributed by atoms with Crippen molar-refractivity contribution in [3.63, 3.8) is 0 Å². The molecule has 0 radical (unpaired) electrons. The highest BCUT2D eigenvalue weighted by atomic mass is 32.1. The van der Waals surface area contributed by atoms with Gasteiger partial charge in [0, 0.05) is 0 Å². The largest absolute Gasteiger partial charge is 0.493 e. The molecular formula is C23H28N4O2S. The molecule has 3 rings (SSSR count). The van der Waals surface area contributed by atoms with E-state index in [-0.39, 0.29) is 6.04 Å². The molecule has 0 amide bonds. The van der Waals surface area contributed by atoms with Gasteiger partial charge in [-0.15, -0.1) is 0 Å². The average Bonchev–Trinajstić information content (AvgIpc) is 3.01. The first-order valence-electron chi connectivity index (χ1n) is 9.80. The first-order chi connectivity index (χ1) is 14.4. The number of aromatic nitrogens is 2. The minimum absolute atomic E-state index is 0.105. The Bertz CT molecular complexity index is 1020. The minimum Gasteiger partial charge on any atom is -0.493 e. The van der Waals surface area contributed by atoms with Crippen LogP contribution in [0, 0.1) is 13.8 Å². The van der Waals surface area contributed by atoms with Crippen LogP contribution in [0.5, 0.6) is 11.5 Å². The van der Waals surface area contributed by atoms with Gasteiger partial charge < -0.3 is 20.1 Å². The molecule has 1 unspecified atom stereocenters. The zero-order chi connectivity index (χ0) is 21.7. The van der Waals surface area contributed by atoms with Crippen LogP contribution in [0.25, 0.3) is 0 Å². The number of nitrogens with zero attached hydrogens (tertiary/aromatic N) is 2. The summed E-state index contributed by atoms with van der Waals surface area (Å²) < 4.78 is 12.7. The third-order valence-corrected chi connectivity index (χ3v) is 5.27. The Kier molecular flexibility index (Phi) is 6.95. The normalized spacial score (nSPS) is 11.6. The molecule has 3 aromatic rings. The van der Waals surface area contributed by atoms with E-state index >= 15 is 0 Å². The summed E-state index contributed by atoms with van der Waals surface area (Å²) in [6.07, 6.45) is 0. The molecule has 2 N–H and O–H groups in total. The molecule has 0 aliphatic rings. The lowest BCUT2D eigenvalue weighted by Gasteiger charge is -2.17. The Balaban J connectivity index is 1.72. The standard InChI is InChI=1S/C23H28N4O2S/c1-15(19-9-7-6-8-10-19)24-23(30)25-22-16(2)26-27(17(22)3)14-18-11-12-20(28-4)21(13-18)29-5/h6-13,15H,14H2,1-5H3,(H2,24,25,30). The molecule has 6 nitrogen and oxygen atoms in total.